The standard InChI is InChI=1S/C23H13Cl4N3O3/c24-13-3-8-16(9-4-13)29-21(31)12-1-6-15(7-2-12)28-20-19(27)22(32)30(23(20)33)18-11-14(25)5-10-17(18)26/h1-11,28H,(H,29,31). The second kappa shape index (κ2) is 9.45. The summed E-state index contributed by atoms with van der Waals surface area (Å²) in [5.74, 6) is -1.74. The maximum absolute atomic E-state index is 12.9. The molecule has 0 fully saturated rings. The topological polar surface area (TPSA) is 78.5 Å². The van der Waals surface area contributed by atoms with Crippen LogP contribution in [0.15, 0.2) is 77.5 Å². The molecular weight excluding hydrogens is 508 g/mol. The van der Waals surface area contributed by atoms with Crippen molar-refractivity contribution in [3.8, 4) is 0 Å². The van der Waals surface area contributed by atoms with Crippen LogP contribution in [0.25, 0.3) is 0 Å². The molecule has 0 radical (unpaired) electrons. The molecule has 0 spiro atoms. The van der Waals surface area contributed by atoms with E-state index in [2.05, 4.69) is 10.6 Å². The molecule has 2 N–H and O–H groups in total. The quantitative estimate of drug-likeness (QED) is 0.385. The fourth-order valence-corrected chi connectivity index (χ4v) is 3.78. The van der Waals surface area contributed by atoms with E-state index in [1.54, 1.807) is 48.5 Å². The Hall–Kier alpha value is -3.03. The van der Waals surface area contributed by atoms with E-state index >= 15 is 0 Å². The summed E-state index contributed by atoms with van der Waals surface area (Å²) in [6.07, 6.45) is 0. The molecule has 3 aromatic rings. The van der Waals surface area contributed by atoms with Crippen molar-refractivity contribution in [1.82, 2.24) is 0 Å². The Bertz CT molecular complexity index is 1310. The fraction of sp³-hybridized carbons (Fsp3) is 0. The van der Waals surface area contributed by atoms with Crippen molar-refractivity contribution >= 4 is 81.2 Å². The van der Waals surface area contributed by atoms with Crippen molar-refractivity contribution in [2.75, 3.05) is 15.5 Å². The Morgan fingerprint density at radius 2 is 1.33 bits per heavy atom. The number of benzene rings is 3. The average molecular weight is 521 g/mol. The number of halogens is 4. The first kappa shape index (κ1) is 23.1. The lowest BCUT2D eigenvalue weighted by Gasteiger charge is -2.17. The molecule has 1 aliphatic heterocycles. The average Bonchev–Trinajstić information content (AvgIpc) is 3.00. The van der Waals surface area contributed by atoms with Gasteiger partial charge in [-0.05, 0) is 66.7 Å². The molecule has 4 rings (SSSR count). The first-order chi connectivity index (χ1) is 15.7. The third kappa shape index (κ3) is 4.84. The zero-order chi connectivity index (χ0) is 23.7. The van der Waals surface area contributed by atoms with Gasteiger partial charge in [-0.25, -0.2) is 4.90 Å². The van der Waals surface area contributed by atoms with E-state index in [1.807, 2.05) is 0 Å². The minimum atomic E-state index is -0.729. The Morgan fingerprint density at radius 3 is 2.00 bits per heavy atom. The van der Waals surface area contributed by atoms with Crippen molar-refractivity contribution in [3.05, 3.63) is 98.1 Å². The van der Waals surface area contributed by atoms with Crippen molar-refractivity contribution in [1.29, 1.82) is 0 Å². The highest BCUT2D eigenvalue weighted by atomic mass is 35.5. The van der Waals surface area contributed by atoms with Crippen LogP contribution in [0.1, 0.15) is 10.4 Å². The molecule has 0 aliphatic carbocycles. The molecule has 166 valence electrons. The second-order valence-electron chi connectivity index (χ2n) is 6.89. The van der Waals surface area contributed by atoms with E-state index in [0.29, 0.717) is 27.0 Å². The summed E-state index contributed by atoms with van der Waals surface area (Å²) < 4.78 is 0. The van der Waals surface area contributed by atoms with E-state index in [-0.39, 0.29) is 27.3 Å². The molecule has 3 aromatic carbocycles. The lowest BCUT2D eigenvalue weighted by atomic mass is 10.2. The number of imide groups is 1. The molecule has 0 saturated carbocycles. The normalized spacial score (nSPS) is 13.5. The van der Waals surface area contributed by atoms with Crippen LogP contribution in [0, 0.1) is 0 Å². The number of carbonyl (C=O) groups is 3. The summed E-state index contributed by atoms with van der Waals surface area (Å²) in [6.45, 7) is 0. The van der Waals surface area contributed by atoms with Gasteiger partial charge in [-0.2, -0.15) is 0 Å². The number of rotatable bonds is 5. The Balaban J connectivity index is 1.50. The predicted octanol–water partition coefficient (Wildman–Crippen LogP) is 6.33. The van der Waals surface area contributed by atoms with Gasteiger partial charge in [0.1, 0.15) is 10.7 Å². The van der Waals surface area contributed by atoms with Crippen LogP contribution >= 0.6 is 46.4 Å². The highest BCUT2D eigenvalue weighted by Gasteiger charge is 2.40. The molecule has 0 aromatic heterocycles. The van der Waals surface area contributed by atoms with Crippen LogP contribution < -0.4 is 15.5 Å². The lowest BCUT2D eigenvalue weighted by Crippen LogP contribution is -2.32. The molecule has 1 heterocycles. The number of carbonyl (C=O) groups excluding carboxylic acids is 3. The van der Waals surface area contributed by atoms with Gasteiger partial charge < -0.3 is 10.6 Å². The van der Waals surface area contributed by atoms with Crippen LogP contribution in [0.5, 0.6) is 0 Å². The second-order valence-corrected chi connectivity index (χ2v) is 8.55. The van der Waals surface area contributed by atoms with E-state index in [1.165, 1.54) is 18.2 Å². The number of hydrogen-bond donors (Lipinski definition) is 2. The van der Waals surface area contributed by atoms with E-state index < -0.39 is 11.8 Å². The molecule has 0 atom stereocenters. The van der Waals surface area contributed by atoms with Gasteiger partial charge in [-0.1, -0.05) is 46.4 Å². The Morgan fingerprint density at radius 1 is 0.727 bits per heavy atom. The minimum Gasteiger partial charge on any atom is -0.350 e. The highest BCUT2D eigenvalue weighted by Crippen LogP contribution is 2.35. The third-order valence-electron chi connectivity index (χ3n) is 4.69. The molecule has 1 aliphatic rings. The lowest BCUT2D eigenvalue weighted by molar-refractivity contribution is -0.120. The van der Waals surface area contributed by atoms with Crippen LogP contribution in [0.4, 0.5) is 17.1 Å². The summed E-state index contributed by atoms with van der Waals surface area (Å²) >= 11 is 24.1. The molecular formula is C23H13Cl4N3O3. The summed E-state index contributed by atoms with van der Waals surface area (Å²) in [5, 5.41) is 6.34. The van der Waals surface area contributed by atoms with Gasteiger partial charge in [0, 0.05) is 27.0 Å². The summed E-state index contributed by atoms with van der Waals surface area (Å²) in [4.78, 5) is 38.8. The number of anilines is 3. The molecule has 0 bridgehead atoms. The minimum absolute atomic E-state index is 0.115. The number of amides is 3. The smallest absolute Gasteiger partial charge is 0.283 e. The van der Waals surface area contributed by atoms with Crippen molar-refractivity contribution in [2.24, 2.45) is 0 Å². The number of nitrogens with zero attached hydrogens (tertiary/aromatic N) is 1. The number of nitrogens with one attached hydrogen (secondary N) is 2. The van der Waals surface area contributed by atoms with Gasteiger partial charge >= 0.3 is 0 Å². The summed E-state index contributed by atoms with van der Waals surface area (Å²) in [6, 6.07) is 17.4. The maximum Gasteiger partial charge on any atom is 0.283 e. The van der Waals surface area contributed by atoms with Crippen LogP contribution in [-0.4, -0.2) is 17.7 Å². The largest absolute Gasteiger partial charge is 0.350 e. The van der Waals surface area contributed by atoms with Gasteiger partial charge in [0.15, 0.2) is 0 Å². The summed E-state index contributed by atoms with van der Waals surface area (Å²) in [7, 11) is 0. The van der Waals surface area contributed by atoms with Crippen molar-refractivity contribution < 1.29 is 14.4 Å². The Labute approximate surface area is 208 Å². The first-order valence-corrected chi connectivity index (χ1v) is 10.9. The summed E-state index contributed by atoms with van der Waals surface area (Å²) in [5.41, 5.74) is 1.45. The van der Waals surface area contributed by atoms with E-state index in [9.17, 15) is 14.4 Å². The van der Waals surface area contributed by atoms with Crippen molar-refractivity contribution in [2.45, 2.75) is 0 Å². The van der Waals surface area contributed by atoms with Crippen LogP contribution in [-0.2, 0) is 9.59 Å². The zero-order valence-corrected chi connectivity index (χ0v) is 19.6. The molecule has 0 unspecified atom stereocenters. The number of hydrogen-bond acceptors (Lipinski definition) is 4. The van der Waals surface area contributed by atoms with Gasteiger partial charge in [-0.15, -0.1) is 0 Å². The molecule has 33 heavy (non-hydrogen) atoms. The van der Waals surface area contributed by atoms with Gasteiger partial charge in [0.2, 0.25) is 0 Å². The molecule has 6 nitrogen and oxygen atoms in total. The van der Waals surface area contributed by atoms with Gasteiger partial charge in [0.05, 0.1) is 10.7 Å². The maximum atomic E-state index is 12.9. The molecule has 3 amide bonds. The first-order valence-electron chi connectivity index (χ1n) is 9.42. The zero-order valence-electron chi connectivity index (χ0n) is 16.5. The van der Waals surface area contributed by atoms with Crippen LogP contribution in [0.3, 0.4) is 0 Å². The Kier molecular flexibility index (Phi) is 6.63. The van der Waals surface area contributed by atoms with Gasteiger partial charge in [-0.3, -0.25) is 14.4 Å². The van der Waals surface area contributed by atoms with E-state index in [0.717, 1.165) is 4.90 Å². The van der Waals surface area contributed by atoms with Crippen molar-refractivity contribution in [3.63, 3.8) is 0 Å². The molecule has 0 saturated heterocycles. The predicted molar refractivity (Wildman–Crippen MR) is 131 cm³/mol. The van der Waals surface area contributed by atoms with Crippen LogP contribution in [0.2, 0.25) is 15.1 Å². The molecule has 10 heteroatoms. The van der Waals surface area contributed by atoms with E-state index in [4.69, 9.17) is 46.4 Å². The highest BCUT2D eigenvalue weighted by molar-refractivity contribution is 6.54. The fourth-order valence-electron chi connectivity index (χ4n) is 3.07. The SMILES string of the molecule is O=C(Nc1ccc(Cl)cc1)c1ccc(NC2=C(Cl)C(=O)N(c3cc(Cl)ccc3Cl)C2=O)cc1. The third-order valence-corrected chi connectivity index (χ3v) is 5.85. The monoisotopic (exact) mass is 519 g/mol. The van der Waals surface area contributed by atoms with Gasteiger partial charge in [0.25, 0.3) is 17.7 Å².